The average Bonchev–Trinajstić information content (AvgIpc) is 3.18. The van der Waals surface area contributed by atoms with Crippen molar-refractivity contribution in [1.82, 2.24) is 0 Å². The normalized spacial score (nSPS) is 50.4. The van der Waals surface area contributed by atoms with E-state index in [-0.39, 0.29) is 43.1 Å². The van der Waals surface area contributed by atoms with Gasteiger partial charge in [-0.25, -0.2) is 4.79 Å². The lowest BCUT2D eigenvalue weighted by molar-refractivity contribution is -0.356. The van der Waals surface area contributed by atoms with E-state index in [9.17, 15) is 61.0 Å². The molecule has 322 valence electrons. The van der Waals surface area contributed by atoms with E-state index >= 15 is 0 Å². The third-order valence-corrected chi connectivity index (χ3v) is 12.7. The lowest BCUT2D eigenvalue weighted by atomic mass is 9.72. The van der Waals surface area contributed by atoms with Crippen molar-refractivity contribution in [2.75, 3.05) is 20.3 Å². The van der Waals surface area contributed by atoms with Crippen LogP contribution in [0.4, 0.5) is 0 Å². The highest BCUT2D eigenvalue weighted by molar-refractivity contribution is 5.81. The van der Waals surface area contributed by atoms with Gasteiger partial charge in [-0.2, -0.15) is 0 Å². The number of fused-ring (bicyclic) bond motifs is 1. The van der Waals surface area contributed by atoms with Gasteiger partial charge >= 0.3 is 5.97 Å². The molecule has 0 aromatic carbocycles. The molecule has 0 spiro atoms. The number of carbonyl (C=O) groups excluding carboxylic acids is 1. The maximum absolute atomic E-state index is 12.8. The summed E-state index contributed by atoms with van der Waals surface area (Å²) >= 11 is 0. The number of aliphatic hydroxyl groups is 13. The fourth-order valence-electron chi connectivity index (χ4n) is 9.32. The molecule has 56 heavy (non-hydrogen) atoms. The SMILES string of the molecule is COC1CC(C2[OH+]C3CC(O)CC(O)C3CC2OC2OC(COC(=O)C=CC3CCC(O)C(OC4OC(CO)C(O)C(O)C4O)C3)C(O)C(O)C2O)CCC1O. The Morgan fingerprint density at radius 2 is 1.30 bits per heavy atom. The molecule has 22 atom stereocenters. The average molecular weight is 810 g/mol. The molecule has 12 N–H and O–H groups in total. The standard InChI is InChI=1S/C37H60O19/c1-50-23-9-16(4-6-19(23)40)35-25(12-18-21(42)10-17(39)11-22(18)52-35)54-37-34(49)32(47)30(45)27(56-37)14-51-28(43)7-3-15-2-5-20(41)24(8-15)53-36-33(48)31(46)29(44)26(13-38)55-36/h3,7,15-27,29-42,44-49H,2,4-6,8-14H2,1H3/p+1. The molecule has 22 unspecified atom stereocenters. The minimum Gasteiger partial charge on any atom is -0.460 e. The van der Waals surface area contributed by atoms with Crippen molar-refractivity contribution < 1.29 is 94.1 Å². The van der Waals surface area contributed by atoms with Crippen LogP contribution in [0.5, 0.6) is 0 Å². The van der Waals surface area contributed by atoms with Gasteiger partial charge in [0.1, 0.15) is 61.5 Å². The minimum atomic E-state index is -1.73. The van der Waals surface area contributed by atoms with E-state index in [4.69, 9.17) is 33.2 Å². The van der Waals surface area contributed by atoms with Gasteiger partial charge in [0, 0.05) is 31.9 Å². The second kappa shape index (κ2) is 19.3. The Bertz CT molecular complexity index is 1290. The Kier molecular flexibility index (Phi) is 15.2. The van der Waals surface area contributed by atoms with E-state index in [0.717, 1.165) is 6.08 Å². The maximum atomic E-state index is 12.8. The van der Waals surface area contributed by atoms with E-state index in [1.165, 1.54) is 7.11 Å². The van der Waals surface area contributed by atoms with Crippen LogP contribution in [0, 0.1) is 17.8 Å². The molecule has 3 heterocycles. The molecule has 3 aliphatic heterocycles. The summed E-state index contributed by atoms with van der Waals surface area (Å²) in [4.78, 5) is 12.8. The first-order chi connectivity index (χ1) is 26.7. The van der Waals surface area contributed by atoms with Crippen molar-refractivity contribution >= 4 is 5.97 Å². The van der Waals surface area contributed by atoms with Gasteiger partial charge in [0.25, 0.3) is 0 Å². The van der Waals surface area contributed by atoms with Crippen molar-refractivity contribution in [2.45, 2.75) is 174 Å². The molecule has 0 bridgehead atoms. The Morgan fingerprint density at radius 1 is 0.679 bits per heavy atom. The molecule has 6 aliphatic rings. The fourth-order valence-corrected chi connectivity index (χ4v) is 9.32. The summed E-state index contributed by atoms with van der Waals surface area (Å²) in [5, 5.41) is 115. The third-order valence-electron chi connectivity index (χ3n) is 12.7. The number of aliphatic hydroxyl groups excluding tert-OH is 11. The second-order valence-electron chi connectivity index (χ2n) is 16.4. The van der Waals surface area contributed by atoms with Gasteiger partial charge in [-0.05, 0) is 50.9 Å². The van der Waals surface area contributed by atoms with Crippen LogP contribution in [0.25, 0.3) is 0 Å². The summed E-state index contributed by atoms with van der Waals surface area (Å²) in [6.45, 7) is -1.16. The van der Waals surface area contributed by atoms with Gasteiger partial charge in [0.2, 0.25) is 0 Å². The molecule has 3 saturated carbocycles. The van der Waals surface area contributed by atoms with Gasteiger partial charge in [0.05, 0.1) is 49.1 Å². The number of esters is 1. The Labute approximate surface area is 324 Å². The van der Waals surface area contributed by atoms with Gasteiger partial charge in [-0.3, -0.25) is 0 Å². The molecule has 0 amide bonds. The summed E-state index contributed by atoms with van der Waals surface area (Å²) in [7, 11) is 1.52. The zero-order chi connectivity index (χ0) is 40.4. The van der Waals surface area contributed by atoms with E-state index < -0.39 is 129 Å². The second-order valence-corrected chi connectivity index (χ2v) is 16.4. The summed E-state index contributed by atoms with van der Waals surface area (Å²) < 4.78 is 39.4. The van der Waals surface area contributed by atoms with Crippen LogP contribution in [0.1, 0.15) is 57.8 Å². The van der Waals surface area contributed by atoms with Crippen molar-refractivity contribution in [3.63, 3.8) is 0 Å². The molecular formula is C37H61O19+. The van der Waals surface area contributed by atoms with Gasteiger partial charge in [-0.15, -0.1) is 0 Å². The minimum absolute atomic E-state index is 0.104. The highest BCUT2D eigenvalue weighted by Crippen LogP contribution is 2.42. The van der Waals surface area contributed by atoms with Crippen molar-refractivity contribution in [2.24, 2.45) is 17.8 Å². The largest absolute Gasteiger partial charge is 0.460 e. The number of hydrogen-bond donors (Lipinski definition) is 11. The number of carbonyl (C=O) groups is 1. The van der Waals surface area contributed by atoms with Gasteiger partial charge in [0.15, 0.2) is 24.8 Å². The predicted octanol–water partition coefficient (Wildman–Crippen LogP) is -4.40. The quantitative estimate of drug-likeness (QED) is 0.0533. The first kappa shape index (κ1) is 44.1. The number of methoxy groups -OCH3 is 1. The van der Waals surface area contributed by atoms with Crippen LogP contribution in [0.2, 0.25) is 0 Å². The molecule has 3 aliphatic carbocycles. The first-order valence-electron chi connectivity index (χ1n) is 19.8. The smallest absolute Gasteiger partial charge is 0.330 e. The zero-order valence-corrected chi connectivity index (χ0v) is 31.4. The van der Waals surface area contributed by atoms with Crippen LogP contribution in [0.15, 0.2) is 12.2 Å². The van der Waals surface area contributed by atoms with E-state index in [0.29, 0.717) is 38.5 Å². The lowest BCUT2D eigenvalue weighted by Crippen LogP contribution is -2.63. The molecule has 6 fully saturated rings. The number of ether oxygens (including phenoxy) is 7. The molecule has 6 rings (SSSR count). The highest BCUT2D eigenvalue weighted by Gasteiger charge is 2.55. The Morgan fingerprint density at radius 3 is 1.98 bits per heavy atom. The fraction of sp³-hybridized carbons (Fsp3) is 0.919. The van der Waals surface area contributed by atoms with Gasteiger partial charge in [-0.1, -0.05) is 6.08 Å². The molecule has 0 aromatic heterocycles. The van der Waals surface area contributed by atoms with Crippen LogP contribution in [0.3, 0.4) is 0 Å². The first-order valence-corrected chi connectivity index (χ1v) is 19.8. The van der Waals surface area contributed by atoms with E-state index in [1.807, 2.05) is 0 Å². The molecule has 0 radical (unpaired) electrons. The molecule has 0 aromatic rings. The number of rotatable bonds is 11. The summed E-state index contributed by atoms with van der Waals surface area (Å²) in [6.07, 6.45) is -15.3. The third kappa shape index (κ3) is 9.93. The van der Waals surface area contributed by atoms with Crippen molar-refractivity contribution in [3.05, 3.63) is 12.2 Å². The summed E-state index contributed by atoms with van der Waals surface area (Å²) in [5.41, 5.74) is 0. The topological polar surface area (TPSA) is 308 Å². The number of hydrogen-bond acceptors (Lipinski definition) is 18. The lowest BCUT2D eigenvalue weighted by Gasteiger charge is -2.48. The van der Waals surface area contributed by atoms with Crippen LogP contribution in [-0.2, 0) is 33.2 Å². The molecule has 19 nitrogen and oxygen atoms in total. The Balaban J connectivity index is 1.05. The van der Waals surface area contributed by atoms with Crippen LogP contribution < -0.4 is 0 Å². The summed E-state index contributed by atoms with van der Waals surface area (Å²) in [5.74, 6) is -1.55. The van der Waals surface area contributed by atoms with Gasteiger partial charge < -0.3 is 89.3 Å². The summed E-state index contributed by atoms with van der Waals surface area (Å²) in [6, 6.07) is 0. The van der Waals surface area contributed by atoms with E-state index in [1.54, 1.807) is 6.08 Å². The molecular weight excluding hydrogens is 748 g/mol. The highest BCUT2D eigenvalue weighted by atomic mass is 16.7. The van der Waals surface area contributed by atoms with Crippen LogP contribution in [-0.4, -0.2) is 204 Å². The zero-order valence-electron chi connectivity index (χ0n) is 31.4. The number of allylic oxidation sites excluding steroid dienone is 1. The Hall–Kier alpha value is -1.47. The molecule has 3 saturated heterocycles. The maximum Gasteiger partial charge on any atom is 0.330 e. The van der Waals surface area contributed by atoms with Crippen molar-refractivity contribution in [3.8, 4) is 0 Å². The monoisotopic (exact) mass is 809 g/mol. The van der Waals surface area contributed by atoms with Crippen molar-refractivity contribution in [1.29, 1.82) is 0 Å². The molecule has 19 heteroatoms. The van der Waals surface area contributed by atoms with E-state index in [2.05, 4.69) is 0 Å². The van der Waals surface area contributed by atoms with Crippen LogP contribution >= 0.6 is 0 Å². The predicted molar refractivity (Wildman–Crippen MR) is 187 cm³/mol.